The normalized spacial score (nSPS) is 26.5. The van der Waals surface area contributed by atoms with Gasteiger partial charge in [-0.15, -0.1) is 13.2 Å². The van der Waals surface area contributed by atoms with E-state index in [1.807, 2.05) is 0 Å². The Labute approximate surface area is 308 Å². The van der Waals surface area contributed by atoms with Crippen LogP contribution in [0.15, 0.2) is 72.3 Å². The molecule has 3 fully saturated rings. The third-order valence-electron chi connectivity index (χ3n) is 10.5. The molecule has 17 heteroatoms. The van der Waals surface area contributed by atoms with E-state index in [9.17, 15) is 37.5 Å². The lowest BCUT2D eigenvalue weighted by atomic mass is 9.49. The molecule has 3 aromatic carbocycles. The quantitative estimate of drug-likeness (QED) is 0.214. The Kier molecular flexibility index (Phi) is 8.84. The minimum absolute atomic E-state index is 0.0508. The van der Waals surface area contributed by atoms with Gasteiger partial charge in [-0.2, -0.15) is 9.91 Å². The van der Waals surface area contributed by atoms with Crippen molar-refractivity contribution < 1.29 is 56.5 Å². The number of hydrazine groups is 1. The van der Waals surface area contributed by atoms with E-state index in [1.165, 1.54) is 49.6 Å². The van der Waals surface area contributed by atoms with Crippen LogP contribution in [-0.4, -0.2) is 65.3 Å². The molecule has 0 unspecified atom stereocenters. The number of ether oxygens (including phenoxy) is 3. The number of phenols is 1. The van der Waals surface area contributed by atoms with Crippen LogP contribution in [0.1, 0.15) is 29.9 Å². The summed E-state index contributed by atoms with van der Waals surface area (Å²) in [5, 5.41) is 12.5. The zero-order chi connectivity index (χ0) is 38.1. The second-order valence-electron chi connectivity index (χ2n) is 13.0. The summed E-state index contributed by atoms with van der Waals surface area (Å²) < 4.78 is 54.9. The number of alkyl halides is 3. The lowest BCUT2D eigenvalue weighted by Crippen LogP contribution is -2.53. The van der Waals surface area contributed by atoms with Crippen LogP contribution < -0.4 is 14.9 Å². The third kappa shape index (κ3) is 5.64. The Balaban J connectivity index is 1.49. The Morgan fingerprint density at radius 1 is 0.925 bits per heavy atom. The number of halogens is 5. The van der Waals surface area contributed by atoms with Gasteiger partial charge in [0.2, 0.25) is 11.8 Å². The monoisotopic (exact) mass is 773 g/mol. The number of amides is 5. The number of imide groups is 4. The standard InChI is InChI=1S/C36H28Cl2F3N3O9/c1-51-18-6-3-16(4-7-18)35-24(31(47)44(33(35)49)42-26-11-5-17(37)13-25(26)38)15-22-20(9-10-21-28(22)32(48)43(30(21)46)34(50)52-2)29(35)23-14-19(8-12-27(23)45)53-36(39,40)41/h3-9,11-14,21-22,24,28-29,42,45H,10,15H2,1-2H3/t21-,22+,24-,28-,29+,35+/m0/s1. The fraction of sp³-hybridized carbons (Fsp3) is 0.306. The highest BCUT2D eigenvalue weighted by molar-refractivity contribution is 6.36. The van der Waals surface area contributed by atoms with Gasteiger partial charge in [0.15, 0.2) is 0 Å². The number of benzene rings is 3. The molecule has 12 nitrogen and oxygen atoms in total. The predicted molar refractivity (Wildman–Crippen MR) is 180 cm³/mol. The number of aromatic hydroxyl groups is 1. The summed E-state index contributed by atoms with van der Waals surface area (Å²) in [6, 6.07) is 13.2. The average molecular weight is 775 g/mol. The fourth-order valence-electron chi connectivity index (χ4n) is 8.42. The summed E-state index contributed by atoms with van der Waals surface area (Å²) in [7, 11) is 2.42. The number of phenolic OH excluding ortho intramolecular Hbond substituents is 1. The van der Waals surface area contributed by atoms with Gasteiger partial charge >= 0.3 is 12.5 Å². The SMILES string of the molecule is COC(=O)N1C(=O)[C@H]2[C@H](CC=C3[C@H]2C[C@H]2C(=O)N(Nc4ccc(Cl)cc4Cl)C(=O)[C@@]2(c2ccc(OC)cc2)[C@H]3c2cc(OC(F)(F)F)ccc2O)C1=O. The molecule has 4 aliphatic rings. The maximum atomic E-state index is 15.2. The molecule has 7 rings (SSSR count). The highest BCUT2D eigenvalue weighted by atomic mass is 35.5. The molecule has 0 bridgehead atoms. The van der Waals surface area contributed by atoms with Gasteiger partial charge in [0.1, 0.15) is 17.2 Å². The van der Waals surface area contributed by atoms with Crippen LogP contribution in [0.25, 0.3) is 0 Å². The first-order valence-electron chi connectivity index (χ1n) is 16.1. The topological polar surface area (TPSA) is 152 Å². The van der Waals surface area contributed by atoms with E-state index in [2.05, 4.69) is 10.2 Å². The van der Waals surface area contributed by atoms with E-state index in [4.69, 9.17) is 32.7 Å². The van der Waals surface area contributed by atoms with Crippen molar-refractivity contribution in [3.63, 3.8) is 0 Å². The average Bonchev–Trinajstić information content (AvgIpc) is 3.50. The lowest BCUT2D eigenvalue weighted by molar-refractivity contribution is -0.274. The summed E-state index contributed by atoms with van der Waals surface area (Å²) in [6.45, 7) is 0. The molecule has 3 aromatic rings. The number of carbonyl (C=O) groups excluding carboxylic acids is 5. The number of rotatable bonds is 6. The van der Waals surface area contributed by atoms with Gasteiger partial charge in [-0.25, -0.2) is 4.79 Å². The van der Waals surface area contributed by atoms with Gasteiger partial charge in [0.05, 0.1) is 48.1 Å². The number of fused-ring (bicyclic) bond motifs is 4. The molecular formula is C36H28Cl2F3N3O9. The summed E-state index contributed by atoms with van der Waals surface area (Å²) in [6.07, 6.45) is -5.08. The van der Waals surface area contributed by atoms with E-state index in [-0.39, 0.29) is 45.3 Å². The van der Waals surface area contributed by atoms with Gasteiger partial charge in [-0.3, -0.25) is 24.6 Å². The van der Waals surface area contributed by atoms with Crippen molar-refractivity contribution in [3.05, 3.63) is 93.5 Å². The Morgan fingerprint density at radius 2 is 1.62 bits per heavy atom. The van der Waals surface area contributed by atoms with Crippen LogP contribution in [0.3, 0.4) is 0 Å². The first-order chi connectivity index (χ1) is 25.1. The summed E-state index contributed by atoms with van der Waals surface area (Å²) >= 11 is 12.5. The van der Waals surface area contributed by atoms with Gasteiger partial charge in [0, 0.05) is 16.5 Å². The molecule has 1 saturated carbocycles. The molecule has 276 valence electrons. The first kappa shape index (κ1) is 36.1. The number of allylic oxidation sites excluding steroid dienone is 2. The summed E-state index contributed by atoms with van der Waals surface area (Å²) in [4.78, 5) is 70.4. The summed E-state index contributed by atoms with van der Waals surface area (Å²) in [5.74, 6) is -10.3. The molecule has 2 N–H and O–H groups in total. The zero-order valence-electron chi connectivity index (χ0n) is 27.6. The molecule has 0 spiro atoms. The Bertz CT molecular complexity index is 2110. The molecule has 6 atom stereocenters. The van der Waals surface area contributed by atoms with Crippen LogP contribution in [-0.2, 0) is 29.3 Å². The molecule has 2 saturated heterocycles. The van der Waals surface area contributed by atoms with Crippen molar-refractivity contribution in [2.24, 2.45) is 23.7 Å². The molecule has 2 aliphatic heterocycles. The Morgan fingerprint density at radius 3 is 2.26 bits per heavy atom. The first-order valence-corrected chi connectivity index (χ1v) is 16.9. The van der Waals surface area contributed by atoms with Crippen molar-refractivity contribution in [1.29, 1.82) is 0 Å². The van der Waals surface area contributed by atoms with Gasteiger partial charge in [-0.1, -0.05) is 47.0 Å². The highest BCUT2D eigenvalue weighted by Gasteiger charge is 2.71. The largest absolute Gasteiger partial charge is 0.573 e. The molecule has 2 heterocycles. The van der Waals surface area contributed by atoms with Crippen molar-refractivity contribution in [3.8, 4) is 17.2 Å². The minimum atomic E-state index is -5.14. The molecule has 0 aromatic heterocycles. The van der Waals surface area contributed by atoms with E-state index in [1.54, 1.807) is 6.08 Å². The fourth-order valence-corrected chi connectivity index (χ4v) is 8.87. The van der Waals surface area contributed by atoms with E-state index in [0.717, 1.165) is 30.3 Å². The minimum Gasteiger partial charge on any atom is -0.508 e. The predicted octanol–water partition coefficient (Wildman–Crippen LogP) is 6.36. The highest BCUT2D eigenvalue weighted by Crippen LogP contribution is 2.65. The maximum Gasteiger partial charge on any atom is 0.573 e. The molecule has 0 radical (unpaired) electrons. The van der Waals surface area contributed by atoms with Gasteiger partial charge in [0.25, 0.3) is 11.8 Å². The Hall–Kier alpha value is -5.28. The van der Waals surface area contributed by atoms with Crippen molar-refractivity contribution in [2.45, 2.75) is 30.5 Å². The van der Waals surface area contributed by atoms with Crippen LogP contribution in [0.2, 0.25) is 10.0 Å². The van der Waals surface area contributed by atoms with Crippen molar-refractivity contribution in [2.75, 3.05) is 19.6 Å². The number of carbonyl (C=O) groups is 5. The van der Waals surface area contributed by atoms with Gasteiger partial charge < -0.3 is 19.3 Å². The third-order valence-corrected chi connectivity index (χ3v) is 11.0. The van der Waals surface area contributed by atoms with Crippen LogP contribution in [0, 0.1) is 23.7 Å². The van der Waals surface area contributed by atoms with Crippen LogP contribution in [0.4, 0.5) is 23.7 Å². The van der Waals surface area contributed by atoms with Crippen LogP contribution in [0.5, 0.6) is 17.2 Å². The number of likely N-dealkylation sites (tertiary alicyclic amines) is 1. The number of hydrogen-bond donors (Lipinski definition) is 2. The second kappa shape index (κ2) is 13.0. The molecule has 2 aliphatic carbocycles. The number of methoxy groups -OCH3 is 2. The van der Waals surface area contributed by atoms with E-state index in [0.29, 0.717) is 10.6 Å². The van der Waals surface area contributed by atoms with Crippen molar-refractivity contribution in [1.82, 2.24) is 9.91 Å². The van der Waals surface area contributed by atoms with Crippen LogP contribution >= 0.6 is 23.2 Å². The van der Waals surface area contributed by atoms with E-state index < -0.39 is 82.6 Å². The number of nitrogens with one attached hydrogen (secondary N) is 1. The van der Waals surface area contributed by atoms with E-state index >= 15 is 4.79 Å². The molecular weight excluding hydrogens is 746 g/mol. The molecule has 5 amide bonds. The number of hydrogen-bond acceptors (Lipinski definition) is 10. The van der Waals surface area contributed by atoms with Crippen molar-refractivity contribution >= 4 is 58.6 Å². The second-order valence-corrected chi connectivity index (χ2v) is 13.8. The lowest BCUT2D eigenvalue weighted by Gasteiger charge is -2.50. The number of anilines is 1. The zero-order valence-corrected chi connectivity index (χ0v) is 29.2. The summed E-state index contributed by atoms with van der Waals surface area (Å²) in [5.41, 5.74) is 1.20. The number of nitrogens with zero attached hydrogens (tertiary/aromatic N) is 2. The molecule has 53 heavy (non-hydrogen) atoms. The van der Waals surface area contributed by atoms with Gasteiger partial charge in [-0.05, 0) is 72.9 Å². The smallest absolute Gasteiger partial charge is 0.508 e. The maximum absolute atomic E-state index is 15.2.